The lowest BCUT2D eigenvalue weighted by Crippen LogP contribution is -2.47. The molecular weight excluding hydrogens is 514 g/mol. The van der Waals surface area contributed by atoms with Gasteiger partial charge in [0.25, 0.3) is 5.91 Å². The Hall–Kier alpha value is -4.41. The molecule has 0 aliphatic carbocycles. The number of hydrogen-bond acceptors (Lipinski definition) is 7. The number of aliphatic imine (C=N–C) groups is 1. The minimum Gasteiger partial charge on any atom is -0.444 e. The van der Waals surface area contributed by atoms with Crippen LogP contribution in [-0.2, 0) is 14.3 Å². The number of amides is 4. The first-order valence-electron chi connectivity index (χ1n) is 13.0. The van der Waals surface area contributed by atoms with E-state index < -0.39 is 29.3 Å². The summed E-state index contributed by atoms with van der Waals surface area (Å²) >= 11 is 0. The second-order valence-electron chi connectivity index (χ2n) is 10.9. The van der Waals surface area contributed by atoms with E-state index in [1.54, 1.807) is 59.7 Å². The van der Waals surface area contributed by atoms with Crippen LogP contribution in [0.5, 0.6) is 0 Å². The van der Waals surface area contributed by atoms with Crippen molar-refractivity contribution in [2.45, 2.75) is 72.0 Å². The van der Waals surface area contributed by atoms with Crippen LogP contribution in [0.15, 0.2) is 59.6 Å². The van der Waals surface area contributed by atoms with E-state index >= 15 is 0 Å². The van der Waals surface area contributed by atoms with E-state index in [2.05, 4.69) is 26.3 Å². The summed E-state index contributed by atoms with van der Waals surface area (Å²) in [5.41, 5.74) is -0.164. The molecule has 0 aliphatic heterocycles. The third-order valence-electron chi connectivity index (χ3n) is 5.03. The molecule has 2 rings (SSSR count). The number of carbonyl (C=O) groups is 4. The Bertz CT molecular complexity index is 1180. The van der Waals surface area contributed by atoms with Gasteiger partial charge in [0.1, 0.15) is 11.2 Å². The molecule has 40 heavy (non-hydrogen) atoms. The van der Waals surface area contributed by atoms with Crippen molar-refractivity contribution in [1.82, 2.24) is 21.3 Å². The predicted octanol–water partition coefficient (Wildman–Crippen LogP) is 4.72. The summed E-state index contributed by atoms with van der Waals surface area (Å²) in [5.74, 6) is -1.23. The molecule has 0 saturated heterocycles. The Labute approximate surface area is 235 Å². The van der Waals surface area contributed by atoms with Crippen molar-refractivity contribution in [2.24, 2.45) is 4.99 Å². The molecule has 0 aromatic heterocycles. The summed E-state index contributed by atoms with van der Waals surface area (Å²) in [6, 6.07) is 15.6. The van der Waals surface area contributed by atoms with Crippen LogP contribution < -0.4 is 21.3 Å². The van der Waals surface area contributed by atoms with E-state index in [-0.39, 0.29) is 35.7 Å². The van der Waals surface area contributed by atoms with Gasteiger partial charge in [0.05, 0.1) is 18.3 Å². The largest absolute Gasteiger partial charge is 0.444 e. The minimum atomic E-state index is -0.840. The highest BCUT2D eigenvalue weighted by atomic mass is 16.6. The predicted molar refractivity (Wildman–Crippen MR) is 152 cm³/mol. The Kier molecular flexibility index (Phi) is 11.2. The molecule has 1 atom stereocenters. The number of guanidine groups is 1. The van der Waals surface area contributed by atoms with E-state index in [4.69, 9.17) is 9.47 Å². The van der Waals surface area contributed by atoms with Gasteiger partial charge in [-0.05, 0) is 71.7 Å². The highest BCUT2D eigenvalue weighted by Crippen LogP contribution is 2.19. The van der Waals surface area contributed by atoms with Crippen molar-refractivity contribution >= 4 is 35.6 Å². The van der Waals surface area contributed by atoms with E-state index in [1.807, 2.05) is 37.3 Å². The summed E-state index contributed by atoms with van der Waals surface area (Å²) in [4.78, 5) is 54.3. The zero-order valence-electron chi connectivity index (χ0n) is 24.1. The molecular formula is C29H39N5O6. The second kappa shape index (κ2) is 14.1. The standard InChI is InChI=1S/C29H39N5O6/c1-8-22(19-13-10-9-11-14-19)24(36)31-18-30-23(35)20-15-12-16-21(17-20)32-25(33-26(37)39-28(2,3)4)34-27(38)40-29(5,6)7/h9-17,22H,8,18H2,1-7H3,(H,30,35)(H,31,36)(H2,32,33,34,37,38). The van der Waals surface area contributed by atoms with Crippen LogP contribution in [0.3, 0.4) is 0 Å². The molecule has 216 valence electrons. The first kappa shape index (κ1) is 31.8. The molecule has 2 aromatic carbocycles. The fraction of sp³-hybridized carbons (Fsp3) is 0.414. The molecule has 4 amide bonds. The topological polar surface area (TPSA) is 147 Å². The zero-order chi connectivity index (χ0) is 29.9. The molecule has 11 nitrogen and oxygen atoms in total. The lowest BCUT2D eigenvalue weighted by Gasteiger charge is -2.22. The van der Waals surface area contributed by atoms with Gasteiger partial charge in [0, 0.05) is 5.56 Å². The fourth-order valence-electron chi connectivity index (χ4n) is 3.43. The Morgan fingerprint density at radius 1 is 0.800 bits per heavy atom. The number of nitrogens with one attached hydrogen (secondary N) is 4. The Balaban J connectivity index is 2.11. The van der Waals surface area contributed by atoms with Gasteiger partial charge < -0.3 is 20.1 Å². The molecule has 0 saturated carbocycles. The Morgan fingerprint density at radius 3 is 1.90 bits per heavy atom. The van der Waals surface area contributed by atoms with Gasteiger partial charge in [-0.1, -0.05) is 43.3 Å². The third-order valence-corrected chi connectivity index (χ3v) is 5.03. The molecule has 0 bridgehead atoms. The SMILES string of the molecule is CCC(C(=O)NCNC(=O)c1cccc(N=C(NC(=O)OC(C)(C)C)NC(=O)OC(C)(C)C)c1)c1ccccc1. The summed E-state index contributed by atoms with van der Waals surface area (Å²) in [5, 5.41) is 10.2. The molecule has 2 aromatic rings. The molecule has 4 N–H and O–H groups in total. The normalized spacial score (nSPS) is 11.9. The van der Waals surface area contributed by atoms with Gasteiger partial charge in [-0.3, -0.25) is 20.2 Å². The molecule has 0 fully saturated rings. The number of nitrogens with zero attached hydrogens (tertiary/aromatic N) is 1. The summed E-state index contributed by atoms with van der Waals surface area (Å²) in [6.07, 6.45) is -1.07. The fourth-order valence-corrected chi connectivity index (χ4v) is 3.43. The third kappa shape index (κ3) is 11.5. The van der Waals surface area contributed by atoms with Crippen molar-refractivity contribution in [3.05, 3.63) is 65.7 Å². The summed E-state index contributed by atoms with van der Waals surface area (Å²) in [7, 11) is 0. The number of alkyl carbamates (subject to hydrolysis) is 2. The van der Waals surface area contributed by atoms with Gasteiger partial charge in [-0.2, -0.15) is 0 Å². The first-order chi connectivity index (χ1) is 18.7. The zero-order valence-corrected chi connectivity index (χ0v) is 24.1. The van der Waals surface area contributed by atoms with Crippen LogP contribution >= 0.6 is 0 Å². The van der Waals surface area contributed by atoms with Crippen molar-refractivity contribution in [1.29, 1.82) is 0 Å². The van der Waals surface area contributed by atoms with E-state index in [1.165, 1.54) is 6.07 Å². The van der Waals surface area contributed by atoms with Gasteiger partial charge in [-0.15, -0.1) is 0 Å². The van der Waals surface area contributed by atoms with Crippen molar-refractivity contribution in [3.63, 3.8) is 0 Å². The maximum Gasteiger partial charge on any atom is 0.414 e. The summed E-state index contributed by atoms with van der Waals surface area (Å²) in [6.45, 7) is 12.0. The maximum absolute atomic E-state index is 12.8. The van der Waals surface area contributed by atoms with Crippen molar-refractivity contribution < 1.29 is 28.7 Å². The van der Waals surface area contributed by atoms with Gasteiger partial charge >= 0.3 is 12.2 Å². The van der Waals surface area contributed by atoms with Crippen LogP contribution in [0.4, 0.5) is 15.3 Å². The average Bonchev–Trinajstić information content (AvgIpc) is 2.82. The van der Waals surface area contributed by atoms with Gasteiger partial charge in [0.2, 0.25) is 11.9 Å². The molecule has 1 unspecified atom stereocenters. The molecule has 0 spiro atoms. The van der Waals surface area contributed by atoms with Crippen LogP contribution in [0.1, 0.15) is 76.7 Å². The highest BCUT2D eigenvalue weighted by Gasteiger charge is 2.22. The van der Waals surface area contributed by atoms with Crippen LogP contribution in [-0.4, -0.2) is 47.8 Å². The lowest BCUT2D eigenvalue weighted by molar-refractivity contribution is -0.122. The van der Waals surface area contributed by atoms with E-state index in [0.717, 1.165) is 5.56 Å². The average molecular weight is 554 g/mol. The van der Waals surface area contributed by atoms with Crippen LogP contribution in [0, 0.1) is 0 Å². The quantitative estimate of drug-likeness (QED) is 0.222. The van der Waals surface area contributed by atoms with Crippen LogP contribution in [0.2, 0.25) is 0 Å². The number of hydrogen-bond donors (Lipinski definition) is 4. The number of carbonyl (C=O) groups excluding carboxylic acids is 4. The van der Waals surface area contributed by atoms with Crippen molar-refractivity contribution in [2.75, 3.05) is 6.67 Å². The van der Waals surface area contributed by atoms with Crippen molar-refractivity contribution in [3.8, 4) is 0 Å². The smallest absolute Gasteiger partial charge is 0.414 e. The highest BCUT2D eigenvalue weighted by molar-refractivity contribution is 6.02. The number of benzene rings is 2. The van der Waals surface area contributed by atoms with E-state index in [0.29, 0.717) is 6.42 Å². The Morgan fingerprint density at radius 2 is 1.38 bits per heavy atom. The first-order valence-corrected chi connectivity index (χ1v) is 13.0. The van der Waals surface area contributed by atoms with Crippen LogP contribution in [0.25, 0.3) is 0 Å². The molecule has 11 heteroatoms. The lowest BCUT2D eigenvalue weighted by atomic mass is 9.96. The van der Waals surface area contributed by atoms with E-state index in [9.17, 15) is 19.2 Å². The van der Waals surface area contributed by atoms with Gasteiger partial charge in [0.15, 0.2) is 0 Å². The maximum atomic E-state index is 12.8. The minimum absolute atomic E-state index is 0.0693. The summed E-state index contributed by atoms with van der Waals surface area (Å²) < 4.78 is 10.5. The molecule has 0 heterocycles. The molecule has 0 radical (unpaired) electrons. The monoisotopic (exact) mass is 553 g/mol. The van der Waals surface area contributed by atoms with Gasteiger partial charge in [-0.25, -0.2) is 14.6 Å². The molecule has 0 aliphatic rings. The number of rotatable bonds is 7. The second-order valence-corrected chi connectivity index (χ2v) is 10.9. The number of ether oxygens (including phenoxy) is 2.